The smallest absolute Gasteiger partial charge is 0.351 e. The summed E-state index contributed by atoms with van der Waals surface area (Å²) < 4.78 is 27.2. The Morgan fingerprint density at radius 2 is 1.73 bits per heavy atom. The predicted molar refractivity (Wildman–Crippen MR) is 133 cm³/mol. The number of carbonyl (C=O) groups is 1. The minimum atomic E-state index is -0.884. The van der Waals surface area contributed by atoms with E-state index in [9.17, 15) is 14.9 Å². The fraction of sp³-hybridized carbons (Fsp3) is 0.107. The van der Waals surface area contributed by atoms with E-state index in [4.69, 9.17) is 29.1 Å². The molecule has 1 aliphatic heterocycles. The number of allylic oxidation sites excluding steroid dienone is 1. The Morgan fingerprint density at radius 1 is 0.973 bits per heavy atom. The number of nitrogens with two attached hydrogens (primary N) is 1. The molecule has 0 saturated carbocycles. The van der Waals surface area contributed by atoms with Crippen molar-refractivity contribution >= 4 is 16.9 Å². The molecule has 0 saturated heterocycles. The van der Waals surface area contributed by atoms with E-state index >= 15 is 0 Å². The second-order valence-corrected chi connectivity index (χ2v) is 8.11. The first-order valence-electron chi connectivity index (χ1n) is 11.1. The van der Waals surface area contributed by atoms with Crippen LogP contribution < -0.4 is 30.3 Å². The van der Waals surface area contributed by atoms with E-state index in [1.807, 2.05) is 0 Å². The van der Waals surface area contributed by atoms with Crippen molar-refractivity contribution in [2.75, 3.05) is 14.2 Å². The van der Waals surface area contributed by atoms with E-state index in [0.29, 0.717) is 33.6 Å². The van der Waals surface area contributed by atoms with Gasteiger partial charge in [-0.1, -0.05) is 30.3 Å². The number of ether oxygens (including phenoxy) is 4. The lowest BCUT2D eigenvalue weighted by Crippen LogP contribution is -2.22. The molecule has 0 radical (unpaired) electrons. The molecule has 1 atom stereocenters. The molecule has 0 spiro atoms. The summed E-state index contributed by atoms with van der Waals surface area (Å²) in [6.45, 7) is 0. The molecule has 2 N–H and O–H groups in total. The first kappa shape index (κ1) is 23.5. The summed E-state index contributed by atoms with van der Waals surface area (Å²) in [4.78, 5) is 25.2. The molecule has 1 aliphatic rings. The third kappa shape index (κ3) is 4.21. The molecule has 0 bridgehead atoms. The quantitative estimate of drug-likeness (QED) is 0.244. The van der Waals surface area contributed by atoms with Gasteiger partial charge in [-0.05, 0) is 24.3 Å². The number of rotatable bonds is 5. The molecule has 9 nitrogen and oxygen atoms in total. The average molecular weight is 496 g/mol. The molecule has 2 heterocycles. The number of nitriles is 1. The number of nitrogens with zero attached hydrogens (tertiary/aromatic N) is 1. The van der Waals surface area contributed by atoms with Crippen molar-refractivity contribution in [1.82, 2.24) is 0 Å². The van der Waals surface area contributed by atoms with Gasteiger partial charge in [0.15, 0.2) is 0 Å². The van der Waals surface area contributed by atoms with Crippen LogP contribution in [-0.4, -0.2) is 20.2 Å². The highest BCUT2D eigenvalue weighted by atomic mass is 16.5. The largest absolute Gasteiger partial charge is 0.497 e. The zero-order valence-electron chi connectivity index (χ0n) is 19.8. The summed E-state index contributed by atoms with van der Waals surface area (Å²) in [6, 6.07) is 20.3. The Kier molecular flexibility index (Phi) is 5.99. The maximum atomic E-state index is 12.8. The Morgan fingerprint density at radius 3 is 2.49 bits per heavy atom. The van der Waals surface area contributed by atoms with Crippen LogP contribution in [-0.2, 0) is 0 Å². The molecule has 1 unspecified atom stereocenters. The van der Waals surface area contributed by atoms with E-state index in [-0.39, 0.29) is 28.5 Å². The van der Waals surface area contributed by atoms with Crippen LogP contribution in [0.25, 0.3) is 11.0 Å². The Balaban J connectivity index is 1.52. The molecule has 184 valence electrons. The summed E-state index contributed by atoms with van der Waals surface area (Å²) in [5, 5.41) is 10.4. The van der Waals surface area contributed by atoms with Crippen LogP contribution in [0.5, 0.6) is 23.0 Å². The number of hydrogen-bond donors (Lipinski definition) is 1. The van der Waals surface area contributed by atoms with Gasteiger partial charge in [-0.2, -0.15) is 5.26 Å². The predicted octanol–water partition coefficient (Wildman–Crippen LogP) is 4.25. The second kappa shape index (κ2) is 9.43. The fourth-order valence-electron chi connectivity index (χ4n) is 4.24. The highest BCUT2D eigenvalue weighted by Gasteiger charge is 2.33. The van der Waals surface area contributed by atoms with Crippen molar-refractivity contribution in [1.29, 1.82) is 5.26 Å². The third-order valence-electron chi connectivity index (χ3n) is 6.01. The first-order valence-corrected chi connectivity index (χ1v) is 11.1. The van der Waals surface area contributed by atoms with Crippen molar-refractivity contribution in [2.45, 2.75) is 5.92 Å². The highest BCUT2D eigenvalue weighted by molar-refractivity contribution is 5.94. The molecule has 3 aromatic carbocycles. The third-order valence-corrected chi connectivity index (χ3v) is 6.01. The van der Waals surface area contributed by atoms with Crippen molar-refractivity contribution in [3.05, 3.63) is 105 Å². The molecular formula is C28H20N2O7. The van der Waals surface area contributed by atoms with Crippen LogP contribution in [0.4, 0.5) is 0 Å². The van der Waals surface area contributed by atoms with Gasteiger partial charge in [-0.25, -0.2) is 9.59 Å². The Labute approximate surface area is 210 Å². The zero-order valence-corrected chi connectivity index (χ0v) is 19.8. The normalized spacial score (nSPS) is 14.4. The summed E-state index contributed by atoms with van der Waals surface area (Å²) in [7, 11) is 3.06. The van der Waals surface area contributed by atoms with Crippen LogP contribution in [0.3, 0.4) is 0 Å². The van der Waals surface area contributed by atoms with Crippen LogP contribution >= 0.6 is 0 Å². The molecule has 4 aromatic rings. The summed E-state index contributed by atoms with van der Waals surface area (Å²) >= 11 is 0. The minimum Gasteiger partial charge on any atom is -0.497 e. The zero-order chi connectivity index (χ0) is 26.1. The van der Waals surface area contributed by atoms with Gasteiger partial charge in [0.25, 0.3) is 0 Å². The van der Waals surface area contributed by atoms with Crippen LogP contribution in [0.2, 0.25) is 0 Å². The summed E-state index contributed by atoms with van der Waals surface area (Å²) in [5.41, 5.74) is 6.90. The first-order chi connectivity index (χ1) is 17.9. The van der Waals surface area contributed by atoms with E-state index in [0.717, 1.165) is 0 Å². The van der Waals surface area contributed by atoms with E-state index in [2.05, 4.69) is 6.07 Å². The molecule has 0 aliphatic carbocycles. The molecule has 1 aromatic heterocycles. The Hall–Kier alpha value is -5.23. The lowest BCUT2D eigenvalue weighted by atomic mass is 9.83. The van der Waals surface area contributed by atoms with Gasteiger partial charge in [0, 0.05) is 28.6 Å². The topological polar surface area (TPSA) is 134 Å². The van der Waals surface area contributed by atoms with Crippen molar-refractivity contribution in [3.63, 3.8) is 0 Å². The van der Waals surface area contributed by atoms with Gasteiger partial charge < -0.3 is 29.1 Å². The molecule has 37 heavy (non-hydrogen) atoms. The van der Waals surface area contributed by atoms with Gasteiger partial charge in [0.2, 0.25) is 5.88 Å². The van der Waals surface area contributed by atoms with Crippen molar-refractivity contribution in [3.8, 4) is 29.1 Å². The van der Waals surface area contributed by atoms with E-state index in [1.54, 1.807) is 61.7 Å². The van der Waals surface area contributed by atoms with Crippen molar-refractivity contribution in [2.24, 2.45) is 5.73 Å². The minimum absolute atomic E-state index is 0.0866. The number of methoxy groups -OCH3 is 2. The van der Waals surface area contributed by atoms with E-state index < -0.39 is 17.5 Å². The van der Waals surface area contributed by atoms with Crippen molar-refractivity contribution < 1.29 is 28.2 Å². The molecule has 9 heteroatoms. The van der Waals surface area contributed by atoms with Gasteiger partial charge in [-0.3, -0.25) is 0 Å². The molecule has 5 rings (SSSR count). The lowest BCUT2D eigenvalue weighted by Gasteiger charge is -2.27. The number of fused-ring (bicyclic) bond motifs is 2. The SMILES string of the molecule is COc1ccc(C2C(C#N)=C(N)Oc3cc(OC(=O)c4cc5ccccc5oc4=O)ccc32)c(OC)c1. The maximum absolute atomic E-state index is 12.8. The standard InChI is InChI=1S/C28H20N2O7/c1-33-16-7-9-18(23(12-16)34-2)25-19-10-8-17(13-24(19)36-26(30)21(25)14-29)35-27(31)20-11-15-5-3-4-6-22(15)37-28(20)32/h3-13,25H,30H2,1-2H3. The maximum Gasteiger partial charge on any atom is 0.351 e. The van der Waals surface area contributed by atoms with Crippen LogP contribution in [0.15, 0.2) is 87.4 Å². The average Bonchev–Trinajstić information content (AvgIpc) is 2.91. The number of hydrogen-bond acceptors (Lipinski definition) is 9. The van der Waals surface area contributed by atoms with Gasteiger partial charge in [0.1, 0.15) is 45.8 Å². The fourth-order valence-corrected chi connectivity index (χ4v) is 4.24. The summed E-state index contributed by atoms with van der Waals surface area (Å²) in [5.74, 6) is -0.0893. The summed E-state index contributed by atoms with van der Waals surface area (Å²) in [6.07, 6.45) is 0. The number of benzene rings is 3. The number of para-hydroxylation sites is 1. The monoisotopic (exact) mass is 496 g/mol. The van der Waals surface area contributed by atoms with Crippen LogP contribution in [0, 0.1) is 11.3 Å². The van der Waals surface area contributed by atoms with E-state index in [1.165, 1.54) is 19.2 Å². The van der Waals surface area contributed by atoms with Gasteiger partial charge in [0.05, 0.1) is 20.1 Å². The lowest BCUT2D eigenvalue weighted by molar-refractivity contribution is 0.0730. The molecule has 0 amide bonds. The number of esters is 1. The van der Waals surface area contributed by atoms with Gasteiger partial charge in [-0.15, -0.1) is 0 Å². The second-order valence-electron chi connectivity index (χ2n) is 8.11. The highest BCUT2D eigenvalue weighted by Crippen LogP contribution is 2.46. The number of carbonyl (C=O) groups excluding carboxylic acids is 1. The van der Waals surface area contributed by atoms with Gasteiger partial charge >= 0.3 is 11.6 Å². The molecule has 0 fully saturated rings. The van der Waals surface area contributed by atoms with Crippen LogP contribution in [0.1, 0.15) is 27.4 Å². The molecular weight excluding hydrogens is 476 g/mol. The Bertz CT molecular complexity index is 1680.